The number of hydrogen-bond acceptors (Lipinski definition) is 6. The Kier molecular flexibility index (Phi) is 8.10. The molecule has 7 heteroatoms. The van der Waals surface area contributed by atoms with Crippen LogP contribution in [0.1, 0.15) is 0 Å². The van der Waals surface area contributed by atoms with Gasteiger partial charge in [0, 0.05) is 38.1 Å². The Bertz CT molecular complexity index is 588. The van der Waals surface area contributed by atoms with Crippen LogP contribution < -0.4 is 0 Å². The topological polar surface area (TPSA) is 38.7 Å². The second-order valence-corrected chi connectivity index (χ2v) is 7.93. The third-order valence-corrected chi connectivity index (χ3v) is 5.83. The maximum atomic E-state index is 4.38. The average molecular weight is 408 g/mol. The summed E-state index contributed by atoms with van der Waals surface area (Å²) in [6.07, 6.45) is 5.41. The van der Waals surface area contributed by atoms with Crippen LogP contribution in [-0.2, 0) is 19.5 Å². The molecule has 0 bridgehead atoms. The third kappa shape index (κ3) is 6.26. The zero-order valence-electron chi connectivity index (χ0n) is 12.2. The van der Waals surface area contributed by atoms with Crippen LogP contribution in [0, 0.1) is 3.91 Å². The number of hydrogen-bond donors (Lipinski definition) is 0. The molecule has 3 aromatic rings. The van der Waals surface area contributed by atoms with Crippen molar-refractivity contribution in [2.45, 2.75) is 15.1 Å². The van der Waals surface area contributed by atoms with Crippen LogP contribution in [-0.4, -0.2) is 15.0 Å². The third-order valence-electron chi connectivity index (χ3n) is 2.48. The average Bonchev–Trinajstić information content (AvgIpc) is 2.57. The van der Waals surface area contributed by atoms with Crippen molar-refractivity contribution in [1.29, 1.82) is 0 Å². The largest absolute Gasteiger partial charge is 0.271 e. The predicted octanol–water partition coefficient (Wildman–Crippen LogP) is 4.99. The van der Waals surface area contributed by atoms with Crippen molar-refractivity contribution in [2.24, 2.45) is 0 Å². The van der Waals surface area contributed by atoms with Gasteiger partial charge in [-0.25, -0.2) is 0 Å². The van der Waals surface area contributed by atoms with E-state index in [-0.39, 0.29) is 19.5 Å². The van der Waals surface area contributed by atoms with Crippen molar-refractivity contribution in [1.82, 2.24) is 15.0 Å². The Morgan fingerprint density at radius 1 is 0.565 bits per heavy atom. The van der Waals surface area contributed by atoms with E-state index in [1.165, 1.54) is 0 Å². The normalized spacial score (nSPS) is 10.3. The van der Waals surface area contributed by atoms with Gasteiger partial charge >= 0.3 is 0 Å². The summed E-state index contributed by atoms with van der Waals surface area (Å²) in [4.78, 5) is 13.1. The summed E-state index contributed by atoms with van der Waals surface area (Å²) in [5.74, 6) is 0. The number of nitrogens with zero attached hydrogens (tertiary/aromatic N) is 3. The Labute approximate surface area is 161 Å². The Morgan fingerprint density at radius 3 is 1.17 bits per heavy atom. The van der Waals surface area contributed by atoms with Crippen LogP contribution in [0.5, 0.6) is 0 Å². The van der Waals surface area contributed by atoms with E-state index in [1.54, 1.807) is 53.9 Å². The van der Waals surface area contributed by atoms with E-state index in [0.717, 1.165) is 19.0 Å². The van der Waals surface area contributed by atoms with Crippen molar-refractivity contribution in [2.75, 3.05) is 0 Å². The van der Waals surface area contributed by atoms with E-state index in [0.29, 0.717) is 0 Å². The van der Waals surface area contributed by atoms with E-state index in [1.807, 2.05) is 54.6 Å². The van der Waals surface area contributed by atoms with Crippen molar-refractivity contribution >= 4 is 35.3 Å². The molecule has 0 atom stereocenters. The fourth-order valence-corrected chi connectivity index (χ4v) is 4.87. The number of rotatable bonds is 6. The first kappa shape index (κ1) is 18.5. The number of aromatic nitrogens is 3. The number of pyridine rings is 3. The molecule has 0 spiro atoms. The van der Waals surface area contributed by atoms with Crippen molar-refractivity contribution < 1.29 is 19.5 Å². The molecule has 3 heterocycles. The standard InChI is InChI=1S/C16H12N3S3.Zn/c1-4-10-17-13(7-1)20-16(21-14-8-2-5-11-18-14)22-15-9-3-6-12-19-15;/h1-12H;/q-1;. The van der Waals surface area contributed by atoms with E-state index in [4.69, 9.17) is 0 Å². The fraction of sp³-hybridized carbons (Fsp3) is 0. The summed E-state index contributed by atoms with van der Waals surface area (Å²) < 4.78 is 1.12. The van der Waals surface area contributed by atoms with Gasteiger partial charge in [-0.3, -0.25) is 50.2 Å². The first-order valence-electron chi connectivity index (χ1n) is 6.54. The molecule has 112 valence electrons. The summed E-state index contributed by atoms with van der Waals surface area (Å²) >= 11 is 4.89. The van der Waals surface area contributed by atoms with Crippen LogP contribution >= 0.6 is 35.3 Å². The van der Waals surface area contributed by atoms with Crippen LogP contribution in [0.15, 0.2) is 88.3 Å². The Hall–Kier alpha value is -0.877. The molecule has 0 aromatic carbocycles. The fourth-order valence-electron chi connectivity index (χ4n) is 1.54. The SMILES string of the molecule is [Zn].c1ccc(S[C-](Sc2ccccn2)Sc2ccccn2)nc1. The maximum Gasteiger partial charge on any atom is 0.0659 e. The van der Waals surface area contributed by atoms with Gasteiger partial charge in [-0.15, -0.1) is 3.91 Å². The van der Waals surface area contributed by atoms with Gasteiger partial charge in [0.1, 0.15) is 0 Å². The minimum absolute atomic E-state index is 0. The molecule has 0 aliphatic carbocycles. The van der Waals surface area contributed by atoms with E-state index >= 15 is 0 Å². The van der Waals surface area contributed by atoms with Gasteiger partial charge in [0.25, 0.3) is 0 Å². The molecule has 0 amide bonds. The molecular weight excluding hydrogens is 396 g/mol. The van der Waals surface area contributed by atoms with E-state index in [9.17, 15) is 0 Å². The van der Waals surface area contributed by atoms with Crippen molar-refractivity contribution in [3.8, 4) is 0 Å². The molecular formula is C16H12N3S3Zn-. The molecule has 0 aliphatic heterocycles. The first-order chi connectivity index (χ1) is 10.9. The molecule has 0 N–H and O–H groups in total. The molecule has 3 rings (SSSR count). The van der Waals surface area contributed by atoms with Crippen LogP contribution in [0.25, 0.3) is 0 Å². The maximum absolute atomic E-state index is 4.38. The van der Waals surface area contributed by atoms with Crippen LogP contribution in [0.2, 0.25) is 0 Å². The van der Waals surface area contributed by atoms with Gasteiger partial charge in [-0.2, -0.15) is 0 Å². The van der Waals surface area contributed by atoms with Crippen molar-refractivity contribution in [3.05, 3.63) is 77.1 Å². The summed E-state index contributed by atoms with van der Waals surface area (Å²) in [5.41, 5.74) is 0. The van der Waals surface area contributed by atoms with Gasteiger partial charge in [-0.1, -0.05) is 18.2 Å². The zero-order valence-corrected chi connectivity index (χ0v) is 17.6. The second kappa shape index (κ2) is 10.1. The molecule has 3 nitrogen and oxygen atoms in total. The van der Waals surface area contributed by atoms with Gasteiger partial charge in [-0.05, 0) is 36.4 Å². The van der Waals surface area contributed by atoms with E-state index < -0.39 is 0 Å². The summed E-state index contributed by atoms with van der Waals surface area (Å²) in [6, 6.07) is 17.7. The van der Waals surface area contributed by atoms with E-state index in [2.05, 4.69) is 15.0 Å². The molecule has 3 aromatic heterocycles. The van der Waals surface area contributed by atoms with Crippen LogP contribution in [0.4, 0.5) is 0 Å². The van der Waals surface area contributed by atoms with Crippen LogP contribution in [0.3, 0.4) is 0 Å². The van der Waals surface area contributed by atoms with Gasteiger partial charge in [0.2, 0.25) is 0 Å². The molecule has 0 radical (unpaired) electrons. The zero-order chi connectivity index (χ0) is 15.0. The van der Waals surface area contributed by atoms with Gasteiger partial charge < -0.3 is 0 Å². The summed E-state index contributed by atoms with van der Waals surface area (Å²) in [7, 11) is 0. The molecule has 0 aliphatic rings. The predicted molar refractivity (Wildman–Crippen MR) is 93.5 cm³/mol. The van der Waals surface area contributed by atoms with Gasteiger partial charge in [0.05, 0.1) is 15.1 Å². The molecule has 0 saturated heterocycles. The minimum atomic E-state index is 0. The monoisotopic (exact) mass is 406 g/mol. The summed E-state index contributed by atoms with van der Waals surface area (Å²) in [6.45, 7) is 0. The summed E-state index contributed by atoms with van der Waals surface area (Å²) in [5, 5.41) is 2.89. The van der Waals surface area contributed by atoms with Crippen molar-refractivity contribution in [3.63, 3.8) is 0 Å². The Morgan fingerprint density at radius 2 is 0.913 bits per heavy atom. The molecule has 0 unspecified atom stereocenters. The molecule has 0 saturated carbocycles. The second-order valence-electron chi connectivity index (χ2n) is 4.06. The number of thioether (sulfide) groups is 3. The smallest absolute Gasteiger partial charge is 0.0659 e. The van der Waals surface area contributed by atoms with Gasteiger partial charge in [0.15, 0.2) is 0 Å². The Balaban J connectivity index is 0.00000192. The quantitative estimate of drug-likeness (QED) is 0.325. The molecule has 23 heavy (non-hydrogen) atoms. The first-order valence-corrected chi connectivity index (χ1v) is 8.99. The minimum Gasteiger partial charge on any atom is -0.271 e. The molecule has 0 fully saturated rings.